The van der Waals surface area contributed by atoms with Crippen LogP contribution in [-0.4, -0.2) is 0 Å². The molecule has 1 rings (SSSR count). The van der Waals surface area contributed by atoms with Gasteiger partial charge in [-0.2, -0.15) is 0 Å². The van der Waals surface area contributed by atoms with Gasteiger partial charge >= 0.3 is 0 Å². The second-order valence-electron chi connectivity index (χ2n) is 1.30. The Morgan fingerprint density at radius 2 is 1.71 bits per heavy atom. The van der Waals surface area contributed by atoms with E-state index in [0.29, 0.717) is 0 Å². The normalized spacial score (nSPS) is 8.71. The standard InChI is InChI=1S/C6H5Cl.H/c7-6-4-2-1-3-5-6;/h1-5H;/i;1+1. The van der Waals surface area contributed by atoms with Gasteiger partial charge in [0.15, 0.2) is 0 Å². The molecule has 0 aliphatic carbocycles. The topological polar surface area (TPSA) is 0 Å². The zero-order valence-corrected chi connectivity index (χ0v) is 4.52. The second-order valence-corrected chi connectivity index (χ2v) is 1.73. The lowest BCUT2D eigenvalue weighted by molar-refractivity contribution is 1.71. The van der Waals surface area contributed by atoms with Crippen LogP contribution in [0.15, 0.2) is 30.3 Å². The van der Waals surface area contributed by atoms with Crippen LogP contribution in [0.5, 0.6) is 0 Å². The van der Waals surface area contributed by atoms with Gasteiger partial charge in [-0.15, -0.1) is 0 Å². The van der Waals surface area contributed by atoms with Crippen molar-refractivity contribution in [3.05, 3.63) is 35.4 Å². The van der Waals surface area contributed by atoms with E-state index in [1.165, 1.54) is 0 Å². The number of benzene rings is 1. The Morgan fingerprint density at radius 3 is 2.00 bits per heavy atom. The molecule has 1 aromatic carbocycles. The lowest BCUT2D eigenvalue weighted by atomic mass is 10.4. The number of rotatable bonds is 0. The number of hydrogen-bond acceptors (Lipinski definition) is 0. The zero-order chi connectivity index (χ0) is 5.11. The van der Waals surface area contributed by atoms with Crippen LogP contribution in [-0.2, 0) is 0 Å². The minimum absolute atomic E-state index is 0. The van der Waals surface area contributed by atoms with E-state index in [1.54, 1.807) is 0 Å². The first-order valence-electron chi connectivity index (χ1n) is 2.10. The molecule has 1 radical (unpaired) electrons. The van der Waals surface area contributed by atoms with Crippen molar-refractivity contribution in [3.63, 3.8) is 0 Å². The van der Waals surface area contributed by atoms with Gasteiger partial charge in [0.05, 0.1) is 0 Å². The second kappa shape index (κ2) is 1.99. The van der Waals surface area contributed by atoms with Gasteiger partial charge in [0, 0.05) is 6.45 Å². The molecule has 7 heavy (non-hydrogen) atoms. The highest BCUT2D eigenvalue weighted by Gasteiger charge is 1.74. The van der Waals surface area contributed by atoms with Crippen LogP contribution in [0.1, 0.15) is 1.43 Å². The van der Waals surface area contributed by atoms with Crippen molar-refractivity contribution in [2.75, 3.05) is 0 Å². The molecule has 0 saturated carbocycles. The molecule has 0 nitrogen and oxygen atoms in total. The van der Waals surface area contributed by atoms with E-state index in [9.17, 15) is 0 Å². The lowest BCUT2D eigenvalue weighted by Crippen LogP contribution is -1.55. The fraction of sp³-hybridized carbons (Fsp3) is 0. The van der Waals surface area contributed by atoms with E-state index < -0.39 is 0 Å². The molecule has 0 aliphatic rings. The van der Waals surface area contributed by atoms with Gasteiger partial charge in [-0.25, -0.2) is 0 Å². The van der Waals surface area contributed by atoms with Gasteiger partial charge in [0.2, 0.25) is 0 Å². The van der Waals surface area contributed by atoms with Crippen molar-refractivity contribution in [1.29, 1.82) is 0 Å². The molecule has 0 spiro atoms. The Labute approximate surface area is 49.2 Å². The summed E-state index contributed by atoms with van der Waals surface area (Å²) in [6.07, 6.45) is 0. The van der Waals surface area contributed by atoms with Crippen molar-refractivity contribution >= 4 is 11.6 Å². The zero-order valence-electron chi connectivity index (χ0n) is 4.76. The van der Waals surface area contributed by atoms with Crippen LogP contribution < -0.4 is 0 Å². The molecule has 0 heterocycles. The molecule has 0 unspecified atom stereocenters. The summed E-state index contributed by atoms with van der Waals surface area (Å²) < 4.78 is 0. The molecule has 37 valence electrons. The van der Waals surface area contributed by atoms with Crippen LogP contribution in [0.25, 0.3) is 0 Å². The first-order valence-corrected chi connectivity index (χ1v) is 2.48. The van der Waals surface area contributed by atoms with Gasteiger partial charge in [-0.1, -0.05) is 29.8 Å². The molecule has 1 heteroatoms. The summed E-state index contributed by atoms with van der Waals surface area (Å²) in [5, 5.41) is 0.794. The predicted octanol–water partition coefficient (Wildman–Crippen LogP) is 2.45. The van der Waals surface area contributed by atoms with Gasteiger partial charge in [-0.3, -0.25) is 0 Å². The SMILES string of the molecule is Clc1ccccc1.[2H]. The molecular formula is C6H6Cl. The molecule has 0 N–H and O–H groups in total. The fourth-order valence-corrected chi connectivity index (χ4v) is 0.560. The summed E-state index contributed by atoms with van der Waals surface area (Å²) in [7, 11) is 0. The van der Waals surface area contributed by atoms with Gasteiger partial charge in [0.1, 0.15) is 0 Å². The molecule has 0 aliphatic heterocycles. The Hall–Kier alpha value is -0.490. The molecule has 0 aromatic heterocycles. The quantitative estimate of drug-likeness (QED) is 0.486. The summed E-state index contributed by atoms with van der Waals surface area (Å²) in [6.45, 7) is 0. The molecule has 0 fully saturated rings. The number of halogens is 1. The maximum absolute atomic E-state index is 5.54. The van der Waals surface area contributed by atoms with E-state index >= 15 is 0 Å². The minimum Gasteiger partial charge on any atom is -0.0843 e. The minimum atomic E-state index is 0. The lowest BCUT2D eigenvalue weighted by Gasteiger charge is -1.80. The third-order valence-electron chi connectivity index (χ3n) is 0.733. The first kappa shape index (κ1) is 4.66. The van der Waals surface area contributed by atoms with E-state index in [4.69, 9.17) is 11.6 Å². The van der Waals surface area contributed by atoms with E-state index in [1.807, 2.05) is 30.3 Å². The van der Waals surface area contributed by atoms with Crippen molar-refractivity contribution in [2.24, 2.45) is 0 Å². The average Bonchev–Trinajstić information content (AvgIpc) is 1.69. The molecule has 0 saturated heterocycles. The van der Waals surface area contributed by atoms with Gasteiger partial charge in [0.25, 0.3) is 0 Å². The largest absolute Gasteiger partial charge is 0.0843 e. The van der Waals surface area contributed by atoms with Crippen molar-refractivity contribution < 1.29 is 1.43 Å². The summed E-state index contributed by atoms with van der Waals surface area (Å²) in [5.41, 5.74) is 0. The van der Waals surface area contributed by atoms with Crippen LogP contribution in [0.2, 0.25) is 5.02 Å². The molecule has 0 bridgehead atoms. The third kappa shape index (κ3) is 1.20. The monoisotopic (exact) mass is 114 g/mol. The Morgan fingerprint density at radius 1 is 1.14 bits per heavy atom. The van der Waals surface area contributed by atoms with Crippen molar-refractivity contribution in [1.82, 2.24) is 0 Å². The maximum Gasteiger partial charge on any atom is 0.0405 e. The predicted molar refractivity (Wildman–Crippen MR) is 32.6 cm³/mol. The third-order valence-corrected chi connectivity index (χ3v) is 0.985. The molecule has 0 atom stereocenters. The van der Waals surface area contributed by atoms with E-state index in [0.717, 1.165) is 5.02 Å². The summed E-state index contributed by atoms with van der Waals surface area (Å²) in [6, 6.07) is 9.44. The Kier molecular flexibility index (Phi) is 1.32. The van der Waals surface area contributed by atoms with Gasteiger partial charge < -0.3 is 0 Å². The average molecular weight is 115 g/mol. The van der Waals surface area contributed by atoms with Crippen LogP contribution in [0.4, 0.5) is 0 Å². The van der Waals surface area contributed by atoms with E-state index in [2.05, 4.69) is 0 Å². The molecule has 0 amide bonds. The molecular weight excluding hydrogens is 108 g/mol. The summed E-state index contributed by atoms with van der Waals surface area (Å²) in [5.74, 6) is 0. The van der Waals surface area contributed by atoms with Crippen LogP contribution in [0.3, 0.4) is 0 Å². The van der Waals surface area contributed by atoms with Crippen LogP contribution in [0, 0.1) is 0 Å². The Bertz CT molecular complexity index is 138. The van der Waals surface area contributed by atoms with Crippen LogP contribution >= 0.6 is 11.6 Å². The Balaban J connectivity index is 0.000000490. The highest BCUT2D eigenvalue weighted by atomic mass is 35.5. The molecule has 1 aromatic rings. The fourth-order valence-electron chi connectivity index (χ4n) is 0.415. The number of hydrogen-bond donors (Lipinski definition) is 0. The highest BCUT2D eigenvalue weighted by molar-refractivity contribution is 6.30. The maximum atomic E-state index is 5.54. The first-order chi connectivity index (χ1) is 3.39. The van der Waals surface area contributed by atoms with E-state index in [-0.39, 0.29) is 1.43 Å². The van der Waals surface area contributed by atoms with Crippen molar-refractivity contribution in [2.45, 2.75) is 0 Å². The smallest absolute Gasteiger partial charge is 0.0405 e. The van der Waals surface area contributed by atoms with Gasteiger partial charge in [-0.05, 0) is 12.1 Å². The highest BCUT2D eigenvalue weighted by Crippen LogP contribution is 2.03. The van der Waals surface area contributed by atoms with Crippen molar-refractivity contribution in [3.8, 4) is 0 Å². The summed E-state index contributed by atoms with van der Waals surface area (Å²) >= 11 is 5.54. The summed E-state index contributed by atoms with van der Waals surface area (Å²) in [4.78, 5) is 0.